The Morgan fingerprint density at radius 2 is 1.67 bits per heavy atom. The van der Waals surface area contributed by atoms with Gasteiger partial charge in [-0.1, -0.05) is 19.3 Å². The van der Waals surface area contributed by atoms with Gasteiger partial charge in [0.05, 0.1) is 0 Å². The Labute approximate surface area is 94.2 Å². The minimum atomic E-state index is 0.302. The van der Waals surface area contributed by atoms with Gasteiger partial charge in [-0.3, -0.25) is 4.90 Å². The summed E-state index contributed by atoms with van der Waals surface area (Å²) in [5.74, 6) is 0.856. The molecule has 1 aliphatic heterocycles. The smallest absolute Gasteiger partial charge is 0.0331 e. The van der Waals surface area contributed by atoms with Crippen LogP contribution in [-0.4, -0.2) is 30.1 Å². The van der Waals surface area contributed by atoms with Crippen molar-refractivity contribution >= 4 is 0 Å². The average Bonchev–Trinajstić information content (AvgIpc) is 2.83. The molecule has 2 heteroatoms. The van der Waals surface area contributed by atoms with Crippen molar-refractivity contribution in [3.8, 4) is 0 Å². The Morgan fingerprint density at radius 1 is 1.07 bits per heavy atom. The average molecular weight is 210 g/mol. The van der Waals surface area contributed by atoms with Crippen LogP contribution in [0.3, 0.4) is 0 Å². The van der Waals surface area contributed by atoms with E-state index in [1.165, 1.54) is 58.0 Å². The summed E-state index contributed by atoms with van der Waals surface area (Å²) in [6, 6.07) is 0. The summed E-state index contributed by atoms with van der Waals surface area (Å²) >= 11 is 0. The Balaban J connectivity index is 2.04. The second-order valence-corrected chi connectivity index (χ2v) is 5.59. The third-order valence-electron chi connectivity index (χ3n) is 4.73. The fraction of sp³-hybridized carbons (Fsp3) is 1.00. The van der Waals surface area contributed by atoms with E-state index >= 15 is 0 Å². The third kappa shape index (κ3) is 2.21. The summed E-state index contributed by atoms with van der Waals surface area (Å²) in [4.78, 5) is 2.67. The molecule has 1 unspecified atom stereocenters. The lowest BCUT2D eigenvalue weighted by Gasteiger charge is -2.46. The number of likely N-dealkylation sites (tertiary alicyclic amines) is 1. The fourth-order valence-electron chi connectivity index (χ4n) is 3.51. The molecule has 0 bridgehead atoms. The quantitative estimate of drug-likeness (QED) is 0.775. The highest BCUT2D eigenvalue weighted by Gasteiger charge is 2.39. The Morgan fingerprint density at radius 3 is 2.20 bits per heavy atom. The van der Waals surface area contributed by atoms with E-state index in [9.17, 15) is 0 Å². The topological polar surface area (TPSA) is 29.3 Å². The van der Waals surface area contributed by atoms with Crippen molar-refractivity contribution in [2.75, 3.05) is 19.6 Å². The first-order valence-corrected chi connectivity index (χ1v) is 6.72. The van der Waals surface area contributed by atoms with Gasteiger partial charge in [-0.15, -0.1) is 0 Å². The van der Waals surface area contributed by atoms with E-state index in [-0.39, 0.29) is 0 Å². The van der Waals surface area contributed by atoms with Crippen LogP contribution < -0.4 is 5.73 Å². The summed E-state index contributed by atoms with van der Waals surface area (Å²) in [7, 11) is 0. The summed E-state index contributed by atoms with van der Waals surface area (Å²) in [5, 5.41) is 0. The van der Waals surface area contributed by atoms with Crippen LogP contribution in [0.15, 0.2) is 0 Å². The molecule has 1 atom stereocenters. The van der Waals surface area contributed by atoms with Gasteiger partial charge in [0.15, 0.2) is 0 Å². The zero-order valence-corrected chi connectivity index (χ0v) is 10.2. The lowest BCUT2D eigenvalue weighted by molar-refractivity contribution is 0.0556. The first kappa shape index (κ1) is 11.4. The van der Waals surface area contributed by atoms with Crippen molar-refractivity contribution in [1.29, 1.82) is 0 Å². The maximum absolute atomic E-state index is 6.08. The maximum atomic E-state index is 6.08. The Hall–Kier alpha value is -0.0800. The fourth-order valence-corrected chi connectivity index (χ4v) is 3.51. The van der Waals surface area contributed by atoms with Crippen molar-refractivity contribution < 1.29 is 0 Å². The van der Waals surface area contributed by atoms with Gasteiger partial charge in [-0.25, -0.2) is 0 Å². The molecule has 0 spiro atoms. The SMILES string of the molecule is CC(CN)(C1CCCCC1)N1CCCC1. The molecular weight excluding hydrogens is 184 g/mol. The molecule has 0 aromatic rings. The zero-order chi connectivity index (χ0) is 10.7. The summed E-state index contributed by atoms with van der Waals surface area (Å²) in [6.45, 7) is 5.82. The van der Waals surface area contributed by atoms with E-state index in [1.807, 2.05) is 0 Å². The van der Waals surface area contributed by atoms with E-state index in [1.54, 1.807) is 0 Å². The molecular formula is C13H26N2. The van der Waals surface area contributed by atoms with Gasteiger partial charge in [0, 0.05) is 12.1 Å². The summed E-state index contributed by atoms with van der Waals surface area (Å²) in [6.07, 6.45) is 9.86. The van der Waals surface area contributed by atoms with Gasteiger partial charge in [-0.2, -0.15) is 0 Å². The first-order chi connectivity index (χ1) is 7.27. The largest absolute Gasteiger partial charge is 0.329 e. The van der Waals surface area contributed by atoms with Crippen LogP contribution in [-0.2, 0) is 0 Å². The highest BCUT2D eigenvalue weighted by Crippen LogP contribution is 2.37. The van der Waals surface area contributed by atoms with Crippen LogP contribution in [0.1, 0.15) is 51.9 Å². The van der Waals surface area contributed by atoms with Gasteiger partial charge < -0.3 is 5.73 Å². The predicted octanol–water partition coefficient (Wildman–Crippen LogP) is 2.38. The third-order valence-corrected chi connectivity index (χ3v) is 4.73. The normalized spacial score (nSPS) is 29.2. The molecule has 88 valence electrons. The van der Waals surface area contributed by atoms with Crippen molar-refractivity contribution in [2.45, 2.75) is 57.4 Å². The van der Waals surface area contributed by atoms with Gasteiger partial charge in [0.25, 0.3) is 0 Å². The van der Waals surface area contributed by atoms with E-state index in [4.69, 9.17) is 5.73 Å². The molecule has 0 aromatic heterocycles. The van der Waals surface area contributed by atoms with Crippen molar-refractivity contribution in [1.82, 2.24) is 4.90 Å². The molecule has 2 aliphatic rings. The van der Waals surface area contributed by atoms with Crippen LogP contribution in [0.5, 0.6) is 0 Å². The van der Waals surface area contributed by atoms with Crippen LogP contribution >= 0.6 is 0 Å². The predicted molar refractivity (Wildman–Crippen MR) is 64.8 cm³/mol. The molecule has 2 fully saturated rings. The lowest BCUT2D eigenvalue weighted by Crippen LogP contribution is -2.55. The van der Waals surface area contributed by atoms with E-state index < -0.39 is 0 Å². The molecule has 1 saturated carbocycles. The number of hydrogen-bond donors (Lipinski definition) is 1. The van der Waals surface area contributed by atoms with Crippen molar-refractivity contribution in [3.05, 3.63) is 0 Å². The maximum Gasteiger partial charge on any atom is 0.0331 e. The highest BCUT2D eigenvalue weighted by atomic mass is 15.2. The Bertz CT molecular complexity index is 193. The summed E-state index contributed by atoms with van der Waals surface area (Å²) in [5.41, 5.74) is 6.38. The number of nitrogens with two attached hydrogens (primary N) is 1. The molecule has 15 heavy (non-hydrogen) atoms. The van der Waals surface area contributed by atoms with E-state index in [0.717, 1.165) is 12.5 Å². The molecule has 1 saturated heterocycles. The van der Waals surface area contributed by atoms with Crippen LogP contribution in [0.4, 0.5) is 0 Å². The highest BCUT2D eigenvalue weighted by molar-refractivity contribution is 4.96. The van der Waals surface area contributed by atoms with E-state index in [0.29, 0.717) is 5.54 Å². The molecule has 0 amide bonds. The second kappa shape index (κ2) is 4.84. The van der Waals surface area contributed by atoms with Crippen molar-refractivity contribution in [3.63, 3.8) is 0 Å². The number of nitrogens with zero attached hydrogens (tertiary/aromatic N) is 1. The standard InChI is InChI=1S/C13H26N2/c1-13(11-14,15-9-5-6-10-15)12-7-3-2-4-8-12/h12H,2-11,14H2,1H3. The van der Waals surface area contributed by atoms with Gasteiger partial charge >= 0.3 is 0 Å². The lowest BCUT2D eigenvalue weighted by atomic mass is 9.74. The van der Waals surface area contributed by atoms with Crippen molar-refractivity contribution in [2.24, 2.45) is 11.7 Å². The molecule has 1 heterocycles. The van der Waals surface area contributed by atoms with Gasteiger partial charge in [0.1, 0.15) is 0 Å². The van der Waals surface area contributed by atoms with Gasteiger partial charge in [-0.05, 0) is 51.6 Å². The van der Waals surface area contributed by atoms with Crippen LogP contribution in [0.2, 0.25) is 0 Å². The number of hydrogen-bond acceptors (Lipinski definition) is 2. The molecule has 0 aromatic carbocycles. The monoisotopic (exact) mass is 210 g/mol. The number of rotatable bonds is 3. The van der Waals surface area contributed by atoms with E-state index in [2.05, 4.69) is 11.8 Å². The summed E-state index contributed by atoms with van der Waals surface area (Å²) < 4.78 is 0. The second-order valence-electron chi connectivity index (χ2n) is 5.59. The first-order valence-electron chi connectivity index (χ1n) is 6.72. The van der Waals surface area contributed by atoms with Crippen LogP contribution in [0, 0.1) is 5.92 Å². The van der Waals surface area contributed by atoms with Gasteiger partial charge in [0.2, 0.25) is 0 Å². The zero-order valence-electron chi connectivity index (χ0n) is 10.2. The molecule has 2 N–H and O–H groups in total. The minimum Gasteiger partial charge on any atom is -0.329 e. The minimum absolute atomic E-state index is 0.302. The molecule has 1 aliphatic carbocycles. The Kier molecular flexibility index (Phi) is 3.68. The molecule has 2 nitrogen and oxygen atoms in total. The molecule has 2 rings (SSSR count). The molecule has 0 radical (unpaired) electrons. The van der Waals surface area contributed by atoms with Crippen LogP contribution in [0.25, 0.3) is 0 Å².